The summed E-state index contributed by atoms with van der Waals surface area (Å²) < 4.78 is 11.1. The first-order valence-electron chi connectivity index (χ1n) is 10.8. The molecule has 0 unspecified atom stereocenters. The van der Waals surface area contributed by atoms with Crippen molar-refractivity contribution in [2.75, 3.05) is 6.61 Å². The standard InChI is InChI=1S/C26H17Cl4NO5S/c1-2-35-21-11-14(10-20(30)23(21)36-25(33)15-6-3-4-7-17(15)27)12-22-24(32)31(26(34)37-22)13-16-18(28)8-5-9-19(16)29/h3-12H,2,13H2,1H3/b22-12-. The third kappa shape index (κ3) is 6.08. The van der Waals surface area contributed by atoms with Gasteiger partial charge in [0.1, 0.15) is 0 Å². The first kappa shape index (κ1) is 27.4. The van der Waals surface area contributed by atoms with Crippen LogP contribution in [0, 0.1) is 0 Å². The second-order valence-corrected chi connectivity index (χ2v) is 10.2. The molecule has 1 aliphatic heterocycles. The number of halogens is 4. The van der Waals surface area contributed by atoms with E-state index in [9.17, 15) is 14.4 Å². The minimum absolute atomic E-state index is 0.00653. The summed E-state index contributed by atoms with van der Waals surface area (Å²) >= 11 is 25.7. The lowest BCUT2D eigenvalue weighted by Gasteiger charge is -2.15. The minimum atomic E-state index is -0.708. The van der Waals surface area contributed by atoms with Crippen LogP contribution in [0.25, 0.3) is 6.08 Å². The van der Waals surface area contributed by atoms with E-state index in [4.69, 9.17) is 55.9 Å². The molecule has 0 aromatic heterocycles. The molecule has 11 heteroatoms. The molecule has 0 aliphatic carbocycles. The van der Waals surface area contributed by atoms with Crippen LogP contribution < -0.4 is 9.47 Å². The van der Waals surface area contributed by atoms with Crippen LogP contribution in [0.5, 0.6) is 11.5 Å². The molecule has 0 saturated carbocycles. The molecule has 1 aliphatic rings. The average Bonchev–Trinajstić information content (AvgIpc) is 3.11. The predicted molar refractivity (Wildman–Crippen MR) is 147 cm³/mol. The molecule has 0 bridgehead atoms. The van der Waals surface area contributed by atoms with E-state index >= 15 is 0 Å². The molecule has 190 valence electrons. The summed E-state index contributed by atoms with van der Waals surface area (Å²) in [5.74, 6) is -1.02. The summed E-state index contributed by atoms with van der Waals surface area (Å²) in [6, 6.07) is 14.4. The minimum Gasteiger partial charge on any atom is -0.490 e. The molecule has 1 saturated heterocycles. The number of imide groups is 1. The van der Waals surface area contributed by atoms with Gasteiger partial charge < -0.3 is 9.47 Å². The van der Waals surface area contributed by atoms with E-state index in [-0.39, 0.29) is 45.2 Å². The molecule has 1 fully saturated rings. The lowest BCUT2D eigenvalue weighted by molar-refractivity contribution is -0.123. The number of nitrogens with zero attached hydrogens (tertiary/aromatic N) is 1. The molecule has 4 rings (SSSR count). The Morgan fingerprint density at radius 3 is 2.30 bits per heavy atom. The van der Waals surface area contributed by atoms with E-state index in [1.807, 2.05) is 0 Å². The summed E-state index contributed by atoms with van der Waals surface area (Å²) in [5.41, 5.74) is 1.10. The van der Waals surface area contributed by atoms with Gasteiger partial charge in [0.25, 0.3) is 11.1 Å². The van der Waals surface area contributed by atoms with Crippen molar-refractivity contribution in [3.63, 3.8) is 0 Å². The Morgan fingerprint density at radius 2 is 1.62 bits per heavy atom. The highest BCUT2D eigenvalue weighted by molar-refractivity contribution is 8.18. The third-order valence-electron chi connectivity index (χ3n) is 5.17. The lowest BCUT2D eigenvalue weighted by atomic mass is 10.1. The molecule has 0 N–H and O–H groups in total. The van der Waals surface area contributed by atoms with Crippen LogP contribution in [0.1, 0.15) is 28.4 Å². The zero-order valence-electron chi connectivity index (χ0n) is 19.1. The van der Waals surface area contributed by atoms with Crippen LogP contribution >= 0.6 is 58.2 Å². The van der Waals surface area contributed by atoms with Gasteiger partial charge in [-0.25, -0.2) is 4.79 Å². The predicted octanol–water partition coefficient (Wildman–Crippen LogP) is 8.15. The number of esters is 1. The molecule has 0 spiro atoms. The Bertz CT molecular complexity index is 1420. The maximum Gasteiger partial charge on any atom is 0.345 e. The van der Waals surface area contributed by atoms with Gasteiger partial charge in [0.05, 0.1) is 33.7 Å². The van der Waals surface area contributed by atoms with E-state index < -0.39 is 17.1 Å². The summed E-state index contributed by atoms with van der Waals surface area (Å²) in [6.07, 6.45) is 1.51. The highest BCUT2D eigenvalue weighted by Gasteiger charge is 2.36. The van der Waals surface area contributed by atoms with Gasteiger partial charge in [-0.1, -0.05) is 64.6 Å². The number of carbonyl (C=O) groups is 3. The Morgan fingerprint density at radius 1 is 0.946 bits per heavy atom. The maximum absolute atomic E-state index is 13.0. The smallest absolute Gasteiger partial charge is 0.345 e. The molecular weight excluding hydrogens is 580 g/mol. The fraction of sp³-hybridized carbons (Fsp3) is 0.115. The highest BCUT2D eigenvalue weighted by atomic mass is 35.5. The van der Waals surface area contributed by atoms with Crippen molar-refractivity contribution in [1.29, 1.82) is 0 Å². The van der Waals surface area contributed by atoms with Crippen molar-refractivity contribution >= 4 is 81.4 Å². The highest BCUT2D eigenvalue weighted by Crippen LogP contribution is 2.40. The van der Waals surface area contributed by atoms with Crippen molar-refractivity contribution < 1.29 is 23.9 Å². The van der Waals surface area contributed by atoms with Gasteiger partial charge in [-0.15, -0.1) is 0 Å². The van der Waals surface area contributed by atoms with Gasteiger partial charge in [0.15, 0.2) is 11.5 Å². The van der Waals surface area contributed by atoms with Crippen molar-refractivity contribution in [3.8, 4) is 11.5 Å². The van der Waals surface area contributed by atoms with Gasteiger partial charge in [0.2, 0.25) is 0 Å². The zero-order chi connectivity index (χ0) is 26.7. The normalized spacial score (nSPS) is 14.4. The van der Waals surface area contributed by atoms with Crippen molar-refractivity contribution in [3.05, 3.63) is 96.3 Å². The second-order valence-electron chi connectivity index (χ2n) is 7.60. The van der Waals surface area contributed by atoms with E-state index in [0.29, 0.717) is 21.2 Å². The van der Waals surface area contributed by atoms with E-state index in [2.05, 4.69) is 0 Å². The Kier molecular flexibility index (Phi) is 8.72. The topological polar surface area (TPSA) is 72.9 Å². The first-order chi connectivity index (χ1) is 17.7. The molecule has 3 aromatic rings. The summed E-state index contributed by atoms with van der Waals surface area (Å²) in [6.45, 7) is 1.94. The molecule has 0 radical (unpaired) electrons. The van der Waals surface area contributed by atoms with E-state index in [0.717, 1.165) is 16.7 Å². The SMILES string of the molecule is CCOc1cc(/C=C2\SC(=O)N(Cc3c(Cl)cccc3Cl)C2=O)cc(Cl)c1OC(=O)c1ccccc1Cl. The number of amides is 2. The van der Waals surface area contributed by atoms with Crippen molar-refractivity contribution in [2.45, 2.75) is 13.5 Å². The Labute approximate surface area is 237 Å². The Hall–Kier alpha value is -2.68. The van der Waals surface area contributed by atoms with Gasteiger partial charge in [-0.2, -0.15) is 0 Å². The van der Waals surface area contributed by atoms with Gasteiger partial charge >= 0.3 is 5.97 Å². The molecular formula is C26H17Cl4NO5S. The number of benzene rings is 3. The van der Waals surface area contributed by atoms with E-state index in [1.165, 1.54) is 18.2 Å². The number of rotatable bonds is 7. The molecule has 0 atom stereocenters. The lowest BCUT2D eigenvalue weighted by Crippen LogP contribution is -2.27. The third-order valence-corrected chi connectivity index (χ3v) is 7.40. The maximum atomic E-state index is 13.0. The second kappa shape index (κ2) is 11.8. The number of ether oxygens (including phenoxy) is 2. The number of hydrogen-bond donors (Lipinski definition) is 0. The van der Waals surface area contributed by atoms with Crippen LogP contribution in [0.3, 0.4) is 0 Å². The largest absolute Gasteiger partial charge is 0.490 e. The van der Waals surface area contributed by atoms with Crippen LogP contribution in [0.4, 0.5) is 4.79 Å². The first-order valence-corrected chi connectivity index (χ1v) is 13.1. The van der Waals surface area contributed by atoms with Crippen LogP contribution in [-0.4, -0.2) is 28.6 Å². The number of hydrogen-bond acceptors (Lipinski definition) is 6. The van der Waals surface area contributed by atoms with Crippen molar-refractivity contribution in [1.82, 2.24) is 4.90 Å². The van der Waals surface area contributed by atoms with Crippen LogP contribution in [-0.2, 0) is 11.3 Å². The number of carbonyl (C=O) groups excluding carboxylic acids is 3. The fourth-order valence-electron chi connectivity index (χ4n) is 3.44. The molecule has 6 nitrogen and oxygen atoms in total. The van der Waals surface area contributed by atoms with Crippen LogP contribution in [0.2, 0.25) is 20.1 Å². The van der Waals surface area contributed by atoms with Gasteiger partial charge in [0, 0.05) is 15.6 Å². The fourth-order valence-corrected chi connectivity index (χ4v) is 5.26. The molecule has 37 heavy (non-hydrogen) atoms. The molecule has 2 amide bonds. The average molecular weight is 597 g/mol. The van der Waals surface area contributed by atoms with Gasteiger partial charge in [-0.3, -0.25) is 14.5 Å². The molecule has 1 heterocycles. The summed E-state index contributed by atoms with van der Waals surface area (Å²) in [4.78, 5) is 39.6. The van der Waals surface area contributed by atoms with Crippen LogP contribution in [0.15, 0.2) is 59.5 Å². The van der Waals surface area contributed by atoms with Gasteiger partial charge in [-0.05, 0) is 66.7 Å². The summed E-state index contributed by atoms with van der Waals surface area (Å²) in [5, 5.41) is 0.538. The van der Waals surface area contributed by atoms with E-state index in [1.54, 1.807) is 49.4 Å². The molecule has 3 aromatic carbocycles. The monoisotopic (exact) mass is 595 g/mol. The van der Waals surface area contributed by atoms with Crippen molar-refractivity contribution in [2.24, 2.45) is 0 Å². The summed E-state index contributed by atoms with van der Waals surface area (Å²) in [7, 11) is 0. The quantitative estimate of drug-likeness (QED) is 0.156. The number of thioether (sulfide) groups is 1. The zero-order valence-corrected chi connectivity index (χ0v) is 22.9. The Balaban J connectivity index is 1.61.